The Balaban J connectivity index is 1.31. The van der Waals surface area contributed by atoms with Crippen LogP contribution in [0, 0.1) is 6.92 Å². The van der Waals surface area contributed by atoms with Crippen LogP contribution in [-0.4, -0.2) is 33.9 Å². The van der Waals surface area contributed by atoms with E-state index in [-0.39, 0.29) is 30.4 Å². The number of para-hydroxylation sites is 2. The second kappa shape index (κ2) is 11.2. The molecule has 1 saturated carbocycles. The standard InChI is InChI=1S/C35H37N3O2/c1-3-4-5-11-26-16-18-27(19-17-26)35(40)37(29-20-21-29)24-33(39)38-31-14-7-6-13-30(31)36-22-9-15-32(36)34(38)28-12-8-10-25(2)23-28/h6-10,12-19,22-23,29,34H,3-5,11,20-21,24H2,1-2H3. The Labute approximate surface area is 237 Å². The molecule has 2 aliphatic rings. The summed E-state index contributed by atoms with van der Waals surface area (Å²) in [5, 5.41) is 0. The number of aryl methyl sites for hydroxylation is 2. The van der Waals surface area contributed by atoms with E-state index in [0.717, 1.165) is 53.9 Å². The minimum atomic E-state index is -0.282. The topological polar surface area (TPSA) is 45.6 Å². The minimum absolute atomic E-state index is 0.0547. The molecule has 0 bridgehead atoms. The highest BCUT2D eigenvalue weighted by molar-refractivity contribution is 6.03. The van der Waals surface area contributed by atoms with E-state index < -0.39 is 0 Å². The summed E-state index contributed by atoms with van der Waals surface area (Å²) in [4.78, 5) is 31.8. The Morgan fingerprint density at radius 1 is 0.875 bits per heavy atom. The summed E-state index contributed by atoms with van der Waals surface area (Å²) in [6, 6.07) is 28.4. The molecule has 0 radical (unpaired) electrons. The van der Waals surface area contributed by atoms with Crippen LogP contribution in [0.3, 0.4) is 0 Å². The lowest BCUT2D eigenvalue weighted by molar-refractivity contribution is -0.119. The van der Waals surface area contributed by atoms with E-state index in [2.05, 4.69) is 67.1 Å². The van der Waals surface area contributed by atoms with Crippen LogP contribution in [0.4, 0.5) is 5.69 Å². The van der Waals surface area contributed by atoms with Crippen molar-refractivity contribution in [3.63, 3.8) is 0 Å². The van der Waals surface area contributed by atoms with Crippen molar-refractivity contribution in [1.29, 1.82) is 0 Å². The van der Waals surface area contributed by atoms with Crippen molar-refractivity contribution in [3.05, 3.63) is 119 Å². The van der Waals surface area contributed by atoms with Gasteiger partial charge < -0.3 is 9.47 Å². The average molecular weight is 532 g/mol. The number of hydrogen-bond acceptors (Lipinski definition) is 2. The molecule has 1 fully saturated rings. The van der Waals surface area contributed by atoms with Crippen molar-refractivity contribution in [2.75, 3.05) is 11.4 Å². The van der Waals surface area contributed by atoms with E-state index >= 15 is 0 Å². The average Bonchev–Trinajstić information content (AvgIpc) is 3.70. The lowest BCUT2D eigenvalue weighted by Gasteiger charge is -2.39. The molecule has 2 heterocycles. The molecule has 5 nitrogen and oxygen atoms in total. The minimum Gasteiger partial charge on any atom is -0.326 e. The fraction of sp³-hybridized carbons (Fsp3) is 0.314. The third kappa shape index (κ3) is 5.08. The first-order valence-corrected chi connectivity index (χ1v) is 14.6. The summed E-state index contributed by atoms with van der Waals surface area (Å²) in [6.45, 7) is 4.34. The molecule has 0 saturated heterocycles. The summed E-state index contributed by atoms with van der Waals surface area (Å²) in [7, 11) is 0. The van der Waals surface area contributed by atoms with Crippen LogP contribution >= 0.6 is 0 Å². The number of amides is 2. The predicted octanol–water partition coefficient (Wildman–Crippen LogP) is 7.26. The second-order valence-corrected chi connectivity index (χ2v) is 11.2. The number of carbonyl (C=O) groups excluding carboxylic acids is 2. The number of aromatic nitrogens is 1. The van der Waals surface area contributed by atoms with Gasteiger partial charge in [-0.15, -0.1) is 0 Å². The number of rotatable bonds is 9. The van der Waals surface area contributed by atoms with E-state index in [0.29, 0.717) is 5.56 Å². The van der Waals surface area contributed by atoms with Crippen molar-refractivity contribution >= 4 is 17.5 Å². The third-order valence-electron chi connectivity index (χ3n) is 8.17. The number of hydrogen-bond donors (Lipinski definition) is 0. The van der Waals surface area contributed by atoms with Gasteiger partial charge in [0.2, 0.25) is 5.91 Å². The molecule has 3 aromatic carbocycles. The summed E-state index contributed by atoms with van der Waals surface area (Å²) < 4.78 is 2.18. The van der Waals surface area contributed by atoms with Crippen LogP contribution in [0.15, 0.2) is 91.1 Å². The molecule has 40 heavy (non-hydrogen) atoms. The highest BCUT2D eigenvalue weighted by Gasteiger charge is 2.40. The quantitative estimate of drug-likeness (QED) is 0.213. The van der Waals surface area contributed by atoms with Crippen molar-refractivity contribution in [2.45, 2.75) is 64.5 Å². The first-order valence-electron chi connectivity index (χ1n) is 14.6. The Bertz CT molecular complexity index is 1520. The van der Waals surface area contributed by atoms with Gasteiger partial charge >= 0.3 is 0 Å². The maximum atomic E-state index is 14.4. The molecule has 0 N–H and O–H groups in total. The maximum Gasteiger partial charge on any atom is 0.254 e. The Morgan fingerprint density at radius 2 is 1.65 bits per heavy atom. The number of anilines is 1. The summed E-state index contributed by atoms with van der Waals surface area (Å²) in [6.07, 6.45) is 8.54. The van der Waals surface area contributed by atoms with Gasteiger partial charge in [0.25, 0.3) is 5.91 Å². The highest BCUT2D eigenvalue weighted by atomic mass is 16.2. The summed E-state index contributed by atoms with van der Waals surface area (Å²) in [5.74, 6) is -0.125. The lowest BCUT2D eigenvalue weighted by Crippen LogP contribution is -2.47. The largest absolute Gasteiger partial charge is 0.326 e. The van der Waals surface area contributed by atoms with Crippen molar-refractivity contribution in [2.24, 2.45) is 0 Å². The molecule has 2 amide bonds. The van der Waals surface area contributed by atoms with E-state index in [9.17, 15) is 9.59 Å². The van der Waals surface area contributed by atoms with Crippen molar-refractivity contribution in [3.8, 4) is 5.69 Å². The van der Waals surface area contributed by atoms with Crippen molar-refractivity contribution in [1.82, 2.24) is 9.47 Å². The van der Waals surface area contributed by atoms with Crippen LogP contribution in [0.1, 0.15) is 77.8 Å². The molecule has 6 rings (SSSR count). The number of benzene rings is 3. The highest BCUT2D eigenvalue weighted by Crippen LogP contribution is 2.42. The molecule has 1 unspecified atom stereocenters. The van der Waals surface area contributed by atoms with E-state index in [1.807, 2.05) is 47.4 Å². The van der Waals surface area contributed by atoms with Gasteiger partial charge in [-0.2, -0.15) is 0 Å². The smallest absolute Gasteiger partial charge is 0.254 e. The zero-order valence-corrected chi connectivity index (χ0v) is 23.4. The molecule has 1 aromatic heterocycles. The zero-order valence-electron chi connectivity index (χ0n) is 23.4. The molecule has 1 aliphatic carbocycles. The number of unbranched alkanes of at least 4 members (excludes halogenated alkanes) is 2. The van der Waals surface area contributed by atoms with Gasteiger partial charge in [-0.3, -0.25) is 14.5 Å². The normalized spacial score (nSPS) is 15.8. The van der Waals surface area contributed by atoms with Gasteiger partial charge in [0.15, 0.2) is 0 Å². The Kier molecular flexibility index (Phi) is 7.29. The first-order chi connectivity index (χ1) is 19.5. The van der Waals surface area contributed by atoms with E-state index in [1.165, 1.54) is 18.4 Å². The summed E-state index contributed by atoms with van der Waals surface area (Å²) >= 11 is 0. The van der Waals surface area contributed by atoms with Gasteiger partial charge in [-0.1, -0.05) is 73.9 Å². The third-order valence-corrected chi connectivity index (χ3v) is 8.17. The second-order valence-electron chi connectivity index (χ2n) is 11.2. The number of fused-ring (bicyclic) bond motifs is 3. The van der Waals surface area contributed by atoms with Gasteiger partial charge in [-0.05, 0) is 80.1 Å². The van der Waals surface area contributed by atoms with E-state index in [4.69, 9.17) is 0 Å². The van der Waals surface area contributed by atoms with Gasteiger partial charge in [0.1, 0.15) is 12.6 Å². The SMILES string of the molecule is CCCCCc1ccc(C(=O)N(CC(=O)N2c3ccccc3-n3cccc3C2c2cccc(C)c2)C2CC2)cc1. The molecular weight excluding hydrogens is 494 g/mol. The maximum absolute atomic E-state index is 14.4. The predicted molar refractivity (Wildman–Crippen MR) is 160 cm³/mol. The molecule has 0 spiro atoms. The molecule has 5 heteroatoms. The molecule has 4 aromatic rings. The number of nitrogens with zero attached hydrogens (tertiary/aromatic N) is 3. The van der Waals surface area contributed by atoms with Crippen LogP contribution < -0.4 is 4.90 Å². The molecular formula is C35H37N3O2. The first kappa shape index (κ1) is 26.1. The van der Waals surface area contributed by atoms with Gasteiger partial charge in [-0.25, -0.2) is 0 Å². The Morgan fingerprint density at radius 3 is 2.38 bits per heavy atom. The van der Waals surface area contributed by atoms with E-state index in [1.54, 1.807) is 4.90 Å². The fourth-order valence-electron chi connectivity index (χ4n) is 5.95. The van der Waals surface area contributed by atoms with Crippen LogP contribution in [0.25, 0.3) is 5.69 Å². The molecule has 1 aliphatic heterocycles. The van der Waals surface area contributed by atoms with Gasteiger partial charge in [0, 0.05) is 17.8 Å². The summed E-state index contributed by atoms with van der Waals surface area (Å²) in [5.41, 5.74) is 7.00. The zero-order chi connectivity index (χ0) is 27.6. The van der Waals surface area contributed by atoms with Crippen LogP contribution in [-0.2, 0) is 11.2 Å². The fourth-order valence-corrected chi connectivity index (χ4v) is 5.95. The van der Waals surface area contributed by atoms with Crippen molar-refractivity contribution < 1.29 is 9.59 Å². The van der Waals surface area contributed by atoms with Crippen LogP contribution in [0.5, 0.6) is 0 Å². The number of carbonyl (C=O) groups is 2. The van der Waals surface area contributed by atoms with Gasteiger partial charge in [0.05, 0.1) is 17.1 Å². The molecule has 1 atom stereocenters. The monoisotopic (exact) mass is 531 g/mol. The Hall–Kier alpha value is -4.12. The van der Waals surface area contributed by atoms with Crippen LogP contribution in [0.2, 0.25) is 0 Å². The molecule has 204 valence electrons. The lowest BCUT2D eigenvalue weighted by atomic mass is 9.96.